The Hall–Kier alpha value is -0.910. The zero-order chi connectivity index (χ0) is 14.8. The van der Waals surface area contributed by atoms with E-state index in [2.05, 4.69) is 23.9 Å². The third-order valence-electron chi connectivity index (χ3n) is 3.58. The Bertz CT molecular complexity index is 546. The molecule has 2 rings (SSSR count). The summed E-state index contributed by atoms with van der Waals surface area (Å²) in [5.41, 5.74) is 0.924. The van der Waals surface area contributed by atoms with Crippen LogP contribution in [0.2, 0.25) is 0 Å². The van der Waals surface area contributed by atoms with E-state index in [-0.39, 0.29) is 5.54 Å². The topological polar surface area (TPSA) is 58.2 Å². The second kappa shape index (κ2) is 5.84. The first-order valence-corrected chi connectivity index (χ1v) is 8.65. The van der Waals surface area contributed by atoms with Crippen molar-refractivity contribution >= 4 is 10.0 Å². The fourth-order valence-corrected chi connectivity index (χ4v) is 3.48. The Balaban J connectivity index is 1.97. The number of benzene rings is 1. The van der Waals surface area contributed by atoms with Gasteiger partial charge in [-0.2, -0.15) is 0 Å². The number of rotatable bonds is 7. The molecular formula is C15H24N2O2S. The molecule has 0 radical (unpaired) electrons. The SMILES string of the molecule is CC(C)NCCc1ccc(S(=O)(=O)NC2(C)CC2)cc1. The molecule has 0 atom stereocenters. The Labute approximate surface area is 122 Å². The molecule has 0 unspecified atom stereocenters. The summed E-state index contributed by atoms with van der Waals surface area (Å²) in [6.45, 7) is 7.07. The maximum Gasteiger partial charge on any atom is 0.241 e. The third-order valence-corrected chi connectivity index (χ3v) is 5.23. The van der Waals surface area contributed by atoms with Gasteiger partial charge in [-0.25, -0.2) is 13.1 Å². The predicted molar refractivity (Wildman–Crippen MR) is 81.2 cm³/mol. The Kier molecular flexibility index (Phi) is 4.52. The van der Waals surface area contributed by atoms with Crippen LogP contribution in [0.3, 0.4) is 0 Å². The second-order valence-corrected chi connectivity index (χ2v) is 7.85. The summed E-state index contributed by atoms with van der Waals surface area (Å²) in [6, 6.07) is 7.65. The summed E-state index contributed by atoms with van der Waals surface area (Å²) >= 11 is 0. The van der Waals surface area contributed by atoms with Gasteiger partial charge in [0.05, 0.1) is 4.90 Å². The van der Waals surface area contributed by atoms with Crippen molar-refractivity contribution in [3.8, 4) is 0 Å². The highest BCUT2D eigenvalue weighted by molar-refractivity contribution is 7.89. The third kappa shape index (κ3) is 4.30. The minimum absolute atomic E-state index is 0.224. The van der Waals surface area contributed by atoms with Crippen molar-refractivity contribution in [1.29, 1.82) is 0 Å². The van der Waals surface area contributed by atoms with Gasteiger partial charge < -0.3 is 5.32 Å². The molecule has 1 aliphatic carbocycles. The van der Waals surface area contributed by atoms with Crippen LogP contribution in [-0.4, -0.2) is 26.5 Å². The fourth-order valence-electron chi connectivity index (χ4n) is 2.01. The molecule has 0 saturated heterocycles. The normalized spacial score (nSPS) is 17.4. The molecule has 1 aliphatic rings. The highest BCUT2D eigenvalue weighted by atomic mass is 32.2. The molecule has 0 spiro atoms. The molecule has 0 amide bonds. The van der Waals surface area contributed by atoms with Gasteiger partial charge in [0, 0.05) is 11.6 Å². The predicted octanol–water partition coefficient (Wildman–Crippen LogP) is 2.06. The smallest absolute Gasteiger partial charge is 0.241 e. The lowest BCUT2D eigenvalue weighted by atomic mass is 10.1. The van der Waals surface area contributed by atoms with E-state index in [4.69, 9.17) is 0 Å². The molecule has 1 saturated carbocycles. The van der Waals surface area contributed by atoms with Gasteiger partial charge in [0.1, 0.15) is 0 Å². The van der Waals surface area contributed by atoms with Crippen LogP contribution < -0.4 is 10.0 Å². The molecule has 20 heavy (non-hydrogen) atoms. The van der Waals surface area contributed by atoms with E-state index in [0.717, 1.165) is 31.4 Å². The molecule has 1 fully saturated rings. The summed E-state index contributed by atoms with van der Waals surface area (Å²) in [5.74, 6) is 0. The number of hydrogen-bond donors (Lipinski definition) is 2. The minimum atomic E-state index is -3.37. The Morgan fingerprint density at radius 1 is 1.20 bits per heavy atom. The van der Waals surface area contributed by atoms with Crippen molar-refractivity contribution < 1.29 is 8.42 Å². The molecule has 1 aromatic carbocycles. The van der Waals surface area contributed by atoms with E-state index >= 15 is 0 Å². The molecule has 0 bridgehead atoms. The largest absolute Gasteiger partial charge is 0.314 e. The van der Waals surface area contributed by atoms with Crippen LogP contribution in [0.1, 0.15) is 39.2 Å². The van der Waals surface area contributed by atoms with Crippen LogP contribution in [0, 0.1) is 0 Å². The van der Waals surface area contributed by atoms with Gasteiger partial charge in [-0.15, -0.1) is 0 Å². The van der Waals surface area contributed by atoms with Crippen molar-refractivity contribution in [2.45, 2.75) is 56.5 Å². The lowest BCUT2D eigenvalue weighted by Crippen LogP contribution is -2.34. The zero-order valence-electron chi connectivity index (χ0n) is 12.4. The molecule has 2 N–H and O–H groups in total. The summed E-state index contributed by atoms with van der Waals surface area (Å²) in [7, 11) is -3.37. The molecular weight excluding hydrogens is 272 g/mol. The van der Waals surface area contributed by atoms with Gasteiger partial charge >= 0.3 is 0 Å². The molecule has 4 nitrogen and oxygen atoms in total. The van der Waals surface area contributed by atoms with Gasteiger partial charge in [-0.1, -0.05) is 26.0 Å². The van der Waals surface area contributed by atoms with Crippen molar-refractivity contribution in [3.63, 3.8) is 0 Å². The van der Waals surface area contributed by atoms with E-state index in [0.29, 0.717) is 10.9 Å². The van der Waals surface area contributed by atoms with Crippen LogP contribution in [0.25, 0.3) is 0 Å². The highest BCUT2D eigenvalue weighted by Crippen LogP contribution is 2.35. The van der Waals surface area contributed by atoms with Crippen LogP contribution in [0.5, 0.6) is 0 Å². The van der Waals surface area contributed by atoms with Crippen molar-refractivity contribution in [3.05, 3.63) is 29.8 Å². The van der Waals surface area contributed by atoms with Crippen LogP contribution in [0.15, 0.2) is 29.2 Å². The van der Waals surface area contributed by atoms with E-state index in [9.17, 15) is 8.42 Å². The minimum Gasteiger partial charge on any atom is -0.314 e. The van der Waals surface area contributed by atoms with Crippen molar-refractivity contribution in [2.24, 2.45) is 0 Å². The van der Waals surface area contributed by atoms with Crippen LogP contribution in [0.4, 0.5) is 0 Å². The molecule has 112 valence electrons. The number of hydrogen-bond acceptors (Lipinski definition) is 3. The fraction of sp³-hybridized carbons (Fsp3) is 0.600. The maximum absolute atomic E-state index is 12.2. The van der Waals surface area contributed by atoms with Gasteiger partial charge in [-0.3, -0.25) is 0 Å². The molecule has 0 aromatic heterocycles. The maximum atomic E-state index is 12.2. The molecule has 0 heterocycles. The average Bonchev–Trinajstić information content (AvgIpc) is 3.06. The summed E-state index contributed by atoms with van der Waals surface area (Å²) in [6.07, 6.45) is 2.75. The second-order valence-electron chi connectivity index (χ2n) is 6.17. The first-order chi connectivity index (χ1) is 9.31. The molecule has 5 heteroatoms. The average molecular weight is 296 g/mol. The van der Waals surface area contributed by atoms with Gasteiger partial charge in [0.2, 0.25) is 10.0 Å². The first kappa shape index (κ1) is 15.5. The first-order valence-electron chi connectivity index (χ1n) is 7.17. The summed E-state index contributed by atoms with van der Waals surface area (Å²) < 4.78 is 27.1. The van der Waals surface area contributed by atoms with Crippen LogP contribution >= 0.6 is 0 Å². The van der Waals surface area contributed by atoms with Gasteiger partial charge in [0.25, 0.3) is 0 Å². The number of nitrogens with one attached hydrogen (secondary N) is 2. The van der Waals surface area contributed by atoms with E-state index in [1.54, 1.807) is 12.1 Å². The van der Waals surface area contributed by atoms with E-state index in [1.165, 1.54) is 0 Å². The van der Waals surface area contributed by atoms with E-state index < -0.39 is 10.0 Å². The molecule has 0 aliphatic heterocycles. The molecule has 1 aromatic rings. The van der Waals surface area contributed by atoms with Gasteiger partial charge in [0.15, 0.2) is 0 Å². The number of sulfonamides is 1. The lowest BCUT2D eigenvalue weighted by Gasteiger charge is -2.12. The Morgan fingerprint density at radius 2 is 1.80 bits per heavy atom. The van der Waals surface area contributed by atoms with Crippen molar-refractivity contribution in [2.75, 3.05) is 6.54 Å². The van der Waals surface area contributed by atoms with Gasteiger partial charge in [-0.05, 0) is 50.4 Å². The quantitative estimate of drug-likeness (QED) is 0.810. The summed E-state index contributed by atoms with van der Waals surface area (Å²) in [4.78, 5) is 0.353. The standard InChI is InChI=1S/C15H24N2O2S/c1-12(2)16-11-8-13-4-6-14(7-5-13)20(18,19)17-15(3)9-10-15/h4-7,12,16-17H,8-11H2,1-3H3. The lowest BCUT2D eigenvalue weighted by molar-refractivity contribution is 0.558. The summed E-state index contributed by atoms with van der Waals surface area (Å²) in [5, 5.41) is 3.35. The van der Waals surface area contributed by atoms with E-state index in [1.807, 2.05) is 19.1 Å². The van der Waals surface area contributed by atoms with Crippen LogP contribution in [-0.2, 0) is 16.4 Å². The Morgan fingerprint density at radius 3 is 2.30 bits per heavy atom. The zero-order valence-corrected chi connectivity index (χ0v) is 13.3. The monoisotopic (exact) mass is 296 g/mol. The van der Waals surface area contributed by atoms with Crippen molar-refractivity contribution in [1.82, 2.24) is 10.0 Å². The highest BCUT2D eigenvalue weighted by Gasteiger charge is 2.41.